The lowest BCUT2D eigenvalue weighted by Crippen LogP contribution is -2.16. The van der Waals surface area contributed by atoms with E-state index in [0.717, 1.165) is 5.56 Å². The summed E-state index contributed by atoms with van der Waals surface area (Å²) >= 11 is 13.4. The van der Waals surface area contributed by atoms with Gasteiger partial charge < -0.3 is 5.32 Å². The summed E-state index contributed by atoms with van der Waals surface area (Å²) < 4.78 is 15.3. The van der Waals surface area contributed by atoms with Gasteiger partial charge in [0.15, 0.2) is 16.8 Å². The van der Waals surface area contributed by atoms with Crippen molar-refractivity contribution in [2.45, 2.75) is 12.1 Å². The van der Waals surface area contributed by atoms with Gasteiger partial charge in [0.1, 0.15) is 5.82 Å². The van der Waals surface area contributed by atoms with Gasteiger partial charge in [0.05, 0.1) is 15.8 Å². The Labute approximate surface area is 197 Å². The summed E-state index contributed by atoms with van der Waals surface area (Å²) in [5.74, 6) is 0.191. The minimum Gasteiger partial charge on any atom is -0.309 e. The van der Waals surface area contributed by atoms with E-state index in [1.54, 1.807) is 23.6 Å². The van der Waals surface area contributed by atoms with Crippen LogP contribution in [-0.2, 0) is 4.79 Å². The maximum atomic E-state index is 13.5. The second kappa shape index (κ2) is 9.68. The van der Waals surface area contributed by atoms with Crippen LogP contribution in [0, 0.1) is 12.7 Å². The van der Waals surface area contributed by atoms with Crippen LogP contribution in [0.4, 0.5) is 10.2 Å². The molecule has 0 spiro atoms. The number of thioether (sulfide) groups is 1. The van der Waals surface area contributed by atoms with E-state index in [-0.39, 0.29) is 28.3 Å². The molecule has 0 atom stereocenters. The third-order valence-corrected chi connectivity index (χ3v) is 6.32. The summed E-state index contributed by atoms with van der Waals surface area (Å²) in [6.45, 7) is 1.74. The number of carbonyl (C=O) groups is 1. The Morgan fingerprint density at radius 1 is 1.09 bits per heavy atom. The number of halogens is 3. The van der Waals surface area contributed by atoms with Gasteiger partial charge in [-0.1, -0.05) is 65.3 Å². The Morgan fingerprint density at radius 2 is 1.81 bits per heavy atom. The molecule has 0 aliphatic carbocycles. The lowest BCUT2D eigenvalue weighted by Gasteiger charge is -2.11. The van der Waals surface area contributed by atoms with E-state index in [0.29, 0.717) is 27.3 Å². The molecule has 6 nitrogen and oxygen atoms in total. The first-order valence-corrected chi connectivity index (χ1v) is 11.2. The van der Waals surface area contributed by atoms with Crippen molar-refractivity contribution >= 4 is 46.7 Å². The monoisotopic (exact) mass is 487 g/mol. The minimum absolute atomic E-state index is 0.0355. The van der Waals surface area contributed by atoms with Crippen molar-refractivity contribution < 1.29 is 9.18 Å². The normalized spacial score (nSPS) is 10.9. The highest BCUT2D eigenvalue weighted by molar-refractivity contribution is 7.99. The Bertz CT molecular complexity index is 1270. The molecule has 0 saturated carbocycles. The molecular weight excluding hydrogens is 472 g/mol. The van der Waals surface area contributed by atoms with Crippen LogP contribution in [0.15, 0.2) is 66.0 Å². The maximum Gasteiger partial charge on any atom is 0.236 e. The first-order valence-electron chi connectivity index (χ1n) is 9.44. The standard InChI is InChI=1S/C22H16Cl2FN5OS/c1-13-17(23)11-26-20(19(13)24)27-18(31)12-32-22-29-28-21(14-5-3-2-4-6-14)30(22)16-9-7-15(25)8-10-16/h2-11H,12H2,1H3,(H,26,27,31). The predicted molar refractivity (Wildman–Crippen MR) is 125 cm³/mol. The van der Waals surface area contributed by atoms with E-state index in [4.69, 9.17) is 23.2 Å². The van der Waals surface area contributed by atoms with E-state index in [1.807, 2.05) is 30.3 Å². The lowest BCUT2D eigenvalue weighted by molar-refractivity contribution is -0.113. The number of hydrogen-bond acceptors (Lipinski definition) is 5. The van der Waals surface area contributed by atoms with Crippen molar-refractivity contribution in [2.24, 2.45) is 0 Å². The second-order valence-corrected chi connectivity index (χ2v) is 8.44. The molecule has 0 bridgehead atoms. The Kier molecular flexibility index (Phi) is 6.74. The molecule has 0 fully saturated rings. The molecule has 4 rings (SSSR count). The largest absolute Gasteiger partial charge is 0.309 e. The number of rotatable bonds is 6. The highest BCUT2D eigenvalue weighted by Gasteiger charge is 2.18. The summed E-state index contributed by atoms with van der Waals surface area (Å²) in [5.41, 5.74) is 2.15. The number of benzene rings is 2. The average Bonchev–Trinajstić information content (AvgIpc) is 3.23. The minimum atomic E-state index is -0.348. The summed E-state index contributed by atoms with van der Waals surface area (Å²) in [4.78, 5) is 16.6. The molecular formula is C22H16Cl2FN5OS. The lowest BCUT2D eigenvalue weighted by atomic mass is 10.2. The first kappa shape index (κ1) is 22.3. The van der Waals surface area contributed by atoms with Crippen molar-refractivity contribution in [3.05, 3.63) is 82.2 Å². The predicted octanol–water partition coefficient (Wildman–Crippen LogP) is 5.81. The van der Waals surface area contributed by atoms with E-state index >= 15 is 0 Å². The molecule has 1 amide bonds. The van der Waals surface area contributed by atoms with E-state index < -0.39 is 0 Å². The number of pyridine rings is 1. The Morgan fingerprint density at radius 3 is 2.53 bits per heavy atom. The maximum absolute atomic E-state index is 13.5. The number of aromatic nitrogens is 4. The van der Waals surface area contributed by atoms with Gasteiger partial charge in [0.2, 0.25) is 5.91 Å². The number of amides is 1. The molecule has 0 saturated heterocycles. The van der Waals surface area contributed by atoms with Gasteiger partial charge in [-0.3, -0.25) is 9.36 Å². The van der Waals surface area contributed by atoms with Crippen molar-refractivity contribution in [3.8, 4) is 17.1 Å². The topological polar surface area (TPSA) is 72.7 Å². The van der Waals surface area contributed by atoms with Crippen LogP contribution in [0.2, 0.25) is 10.0 Å². The molecule has 2 aromatic carbocycles. The summed E-state index contributed by atoms with van der Waals surface area (Å²) in [5, 5.41) is 12.4. The van der Waals surface area contributed by atoms with Crippen molar-refractivity contribution in [1.82, 2.24) is 19.7 Å². The highest BCUT2D eigenvalue weighted by Crippen LogP contribution is 2.30. The van der Waals surface area contributed by atoms with Gasteiger partial charge in [-0.2, -0.15) is 0 Å². The zero-order valence-corrected chi connectivity index (χ0v) is 19.0. The van der Waals surface area contributed by atoms with Crippen LogP contribution < -0.4 is 5.32 Å². The molecule has 32 heavy (non-hydrogen) atoms. The molecule has 0 radical (unpaired) electrons. The average molecular weight is 488 g/mol. The molecule has 0 unspecified atom stereocenters. The van der Waals surface area contributed by atoms with Gasteiger partial charge in [-0.15, -0.1) is 10.2 Å². The fourth-order valence-corrected chi connectivity index (χ4v) is 4.04. The van der Waals surface area contributed by atoms with Gasteiger partial charge >= 0.3 is 0 Å². The van der Waals surface area contributed by atoms with Crippen LogP contribution >= 0.6 is 35.0 Å². The molecule has 4 aromatic rings. The highest BCUT2D eigenvalue weighted by atomic mass is 35.5. The van der Waals surface area contributed by atoms with Crippen LogP contribution in [0.1, 0.15) is 5.56 Å². The van der Waals surface area contributed by atoms with Crippen molar-refractivity contribution in [1.29, 1.82) is 0 Å². The fourth-order valence-electron chi connectivity index (χ4n) is 2.90. The van der Waals surface area contributed by atoms with Crippen LogP contribution in [0.25, 0.3) is 17.1 Å². The Hall–Kier alpha value is -2.94. The third-order valence-electron chi connectivity index (χ3n) is 4.54. The van der Waals surface area contributed by atoms with Gasteiger partial charge in [-0.25, -0.2) is 9.37 Å². The quantitative estimate of drug-likeness (QED) is 0.347. The smallest absolute Gasteiger partial charge is 0.236 e. The zero-order valence-electron chi connectivity index (χ0n) is 16.7. The molecule has 2 aromatic heterocycles. The molecule has 162 valence electrons. The first-order chi connectivity index (χ1) is 15.4. The van der Waals surface area contributed by atoms with Crippen LogP contribution in [0.5, 0.6) is 0 Å². The number of hydrogen-bond donors (Lipinski definition) is 1. The molecule has 0 aliphatic rings. The van der Waals surface area contributed by atoms with Gasteiger partial charge in [0, 0.05) is 17.4 Å². The van der Waals surface area contributed by atoms with Gasteiger partial charge in [0.25, 0.3) is 0 Å². The zero-order chi connectivity index (χ0) is 22.7. The summed E-state index contributed by atoms with van der Waals surface area (Å²) in [6.07, 6.45) is 1.43. The number of carbonyl (C=O) groups excluding carboxylic acids is 1. The van der Waals surface area contributed by atoms with Crippen LogP contribution in [-0.4, -0.2) is 31.4 Å². The van der Waals surface area contributed by atoms with Crippen LogP contribution in [0.3, 0.4) is 0 Å². The fraction of sp³-hybridized carbons (Fsp3) is 0.0909. The van der Waals surface area contributed by atoms with Gasteiger partial charge in [-0.05, 0) is 36.8 Å². The third kappa shape index (κ3) is 4.77. The molecule has 2 heterocycles. The summed E-state index contributed by atoms with van der Waals surface area (Å²) in [6, 6.07) is 15.5. The van der Waals surface area contributed by atoms with E-state index in [2.05, 4.69) is 20.5 Å². The van der Waals surface area contributed by atoms with Crippen molar-refractivity contribution in [2.75, 3.05) is 11.1 Å². The number of anilines is 1. The molecule has 1 N–H and O–H groups in total. The number of nitrogens with zero attached hydrogens (tertiary/aromatic N) is 4. The SMILES string of the molecule is Cc1c(Cl)cnc(NC(=O)CSc2nnc(-c3ccccc3)n2-c2ccc(F)cc2)c1Cl. The summed E-state index contributed by atoms with van der Waals surface area (Å²) in [7, 11) is 0. The van der Waals surface area contributed by atoms with E-state index in [9.17, 15) is 9.18 Å². The molecule has 10 heteroatoms. The molecule has 0 aliphatic heterocycles. The van der Waals surface area contributed by atoms with Crippen molar-refractivity contribution in [3.63, 3.8) is 0 Å². The van der Waals surface area contributed by atoms with E-state index in [1.165, 1.54) is 30.1 Å². The second-order valence-electron chi connectivity index (χ2n) is 6.71. The number of nitrogens with one attached hydrogen (secondary N) is 1. The Balaban J connectivity index is 1.59.